The highest BCUT2D eigenvalue weighted by Crippen LogP contribution is 2.25. The van der Waals surface area contributed by atoms with E-state index in [0.717, 1.165) is 11.8 Å². The van der Waals surface area contributed by atoms with Crippen LogP contribution in [0.15, 0.2) is 49.0 Å². The highest BCUT2D eigenvalue weighted by Gasteiger charge is 2.16. The normalized spacial score (nSPS) is 12.9. The lowest BCUT2D eigenvalue weighted by molar-refractivity contribution is 0.0940. The molecule has 0 aliphatic carbocycles. The largest absolute Gasteiger partial charge is 0.346 e. The number of rotatable bonds is 6. The van der Waals surface area contributed by atoms with Crippen molar-refractivity contribution in [1.82, 2.24) is 5.32 Å². The summed E-state index contributed by atoms with van der Waals surface area (Å²) in [5, 5.41) is 2.98. The molecule has 28 heavy (non-hydrogen) atoms. The van der Waals surface area contributed by atoms with Crippen LogP contribution in [0.1, 0.15) is 60.8 Å². The maximum absolute atomic E-state index is 12.6. The fourth-order valence-corrected chi connectivity index (χ4v) is 3.38. The molecule has 0 radical (unpaired) electrons. The maximum atomic E-state index is 12.6. The molecular formula is C22H28N2O3S. The van der Waals surface area contributed by atoms with Crippen LogP contribution in [0.2, 0.25) is 0 Å². The molecule has 6 heteroatoms. The van der Waals surface area contributed by atoms with Crippen molar-refractivity contribution in [1.29, 1.82) is 0 Å². The van der Waals surface area contributed by atoms with Crippen molar-refractivity contribution < 1.29 is 13.2 Å². The topological polar surface area (TPSA) is 75.3 Å². The van der Waals surface area contributed by atoms with Gasteiger partial charge in [0.05, 0.1) is 18.0 Å². The Labute approximate surface area is 167 Å². The van der Waals surface area contributed by atoms with Crippen LogP contribution in [-0.4, -0.2) is 20.6 Å². The Morgan fingerprint density at radius 2 is 1.71 bits per heavy atom. The average Bonchev–Trinajstić information content (AvgIpc) is 2.60. The fraction of sp³-hybridized carbons (Fsp3) is 0.318. The quantitative estimate of drug-likeness (QED) is 0.750. The van der Waals surface area contributed by atoms with Crippen molar-refractivity contribution in [3.8, 4) is 0 Å². The number of benzene rings is 2. The summed E-state index contributed by atoms with van der Waals surface area (Å²) in [6, 6.07) is 12.6. The highest BCUT2D eigenvalue weighted by atomic mass is 32.2. The predicted molar refractivity (Wildman–Crippen MR) is 116 cm³/mol. The fourth-order valence-electron chi connectivity index (χ4n) is 2.80. The summed E-state index contributed by atoms with van der Waals surface area (Å²) in [6.45, 7) is 12.0. The molecule has 0 saturated heterocycles. The van der Waals surface area contributed by atoms with E-state index in [1.54, 1.807) is 18.2 Å². The molecule has 0 spiro atoms. The molecule has 0 aliphatic heterocycles. The van der Waals surface area contributed by atoms with Gasteiger partial charge in [0.2, 0.25) is 10.0 Å². The minimum absolute atomic E-state index is 0.0329. The first-order valence-corrected chi connectivity index (χ1v) is 11.0. The zero-order chi connectivity index (χ0) is 21.1. The Kier molecular flexibility index (Phi) is 6.34. The number of carbonyl (C=O) groups excluding carboxylic acids is 1. The van der Waals surface area contributed by atoms with Crippen LogP contribution in [0, 0.1) is 0 Å². The van der Waals surface area contributed by atoms with Gasteiger partial charge in [-0.3, -0.25) is 9.52 Å². The molecule has 0 aromatic heterocycles. The van der Waals surface area contributed by atoms with Crippen molar-refractivity contribution in [2.45, 2.75) is 39.2 Å². The van der Waals surface area contributed by atoms with Crippen molar-refractivity contribution in [2.75, 3.05) is 11.0 Å². The first-order chi connectivity index (χ1) is 12.9. The van der Waals surface area contributed by atoms with Gasteiger partial charge in [0.15, 0.2) is 0 Å². The first-order valence-electron chi connectivity index (χ1n) is 9.06. The number of carbonyl (C=O) groups is 1. The van der Waals surface area contributed by atoms with E-state index in [0.29, 0.717) is 16.8 Å². The standard InChI is InChI=1S/C22H28N2O3S/c1-7-16-14-18(10-13-20(16)24-28(6,26)27)15(2)23-21(25)17-8-11-19(12-9-17)22(3,4)5/h7-15,24H,1H2,2-6H3,(H,23,25)/t15-/m1/s1. The van der Waals surface area contributed by atoms with E-state index in [1.165, 1.54) is 5.56 Å². The summed E-state index contributed by atoms with van der Waals surface area (Å²) >= 11 is 0. The van der Waals surface area contributed by atoms with Crippen molar-refractivity contribution in [3.05, 3.63) is 71.3 Å². The molecule has 2 aromatic carbocycles. The zero-order valence-electron chi connectivity index (χ0n) is 17.0. The predicted octanol–water partition coefficient (Wildman–Crippen LogP) is 4.49. The number of hydrogen-bond donors (Lipinski definition) is 2. The van der Waals surface area contributed by atoms with Crippen LogP contribution in [0.5, 0.6) is 0 Å². The van der Waals surface area contributed by atoms with E-state index < -0.39 is 10.0 Å². The molecule has 0 bridgehead atoms. The van der Waals surface area contributed by atoms with Gasteiger partial charge in [-0.1, -0.05) is 51.6 Å². The van der Waals surface area contributed by atoms with E-state index in [4.69, 9.17) is 0 Å². The molecule has 0 unspecified atom stereocenters. The molecular weight excluding hydrogens is 372 g/mol. The van der Waals surface area contributed by atoms with Gasteiger partial charge in [0.1, 0.15) is 0 Å². The Bertz CT molecular complexity index is 972. The van der Waals surface area contributed by atoms with Crippen LogP contribution in [0.4, 0.5) is 5.69 Å². The summed E-state index contributed by atoms with van der Waals surface area (Å²) in [7, 11) is -3.38. The summed E-state index contributed by atoms with van der Waals surface area (Å²) in [5.41, 5.74) is 3.76. The molecule has 2 rings (SSSR count). The second kappa shape index (κ2) is 8.19. The number of amides is 1. The molecule has 2 aromatic rings. The number of anilines is 1. The maximum Gasteiger partial charge on any atom is 0.251 e. The molecule has 5 nitrogen and oxygen atoms in total. The number of nitrogens with one attached hydrogen (secondary N) is 2. The number of sulfonamides is 1. The van der Waals surface area contributed by atoms with Gasteiger partial charge < -0.3 is 5.32 Å². The molecule has 1 atom stereocenters. The second-order valence-corrected chi connectivity index (χ2v) is 9.70. The summed E-state index contributed by atoms with van der Waals surface area (Å²) in [4.78, 5) is 12.6. The lowest BCUT2D eigenvalue weighted by atomic mass is 9.86. The third kappa shape index (κ3) is 5.70. The third-order valence-corrected chi connectivity index (χ3v) is 5.04. The van der Waals surface area contributed by atoms with Crippen molar-refractivity contribution in [3.63, 3.8) is 0 Å². The smallest absolute Gasteiger partial charge is 0.251 e. The minimum Gasteiger partial charge on any atom is -0.346 e. The second-order valence-electron chi connectivity index (χ2n) is 7.95. The Morgan fingerprint density at radius 3 is 2.21 bits per heavy atom. The Hall–Kier alpha value is -2.60. The molecule has 2 N–H and O–H groups in total. The summed E-state index contributed by atoms with van der Waals surface area (Å²) in [6.07, 6.45) is 2.68. The zero-order valence-corrected chi connectivity index (χ0v) is 17.9. The summed E-state index contributed by atoms with van der Waals surface area (Å²) < 4.78 is 25.4. The van der Waals surface area contributed by atoms with E-state index >= 15 is 0 Å². The average molecular weight is 401 g/mol. The van der Waals surface area contributed by atoms with E-state index in [1.807, 2.05) is 37.3 Å². The lowest BCUT2D eigenvalue weighted by Gasteiger charge is -2.20. The molecule has 0 aliphatic rings. The number of hydrogen-bond acceptors (Lipinski definition) is 3. The van der Waals surface area contributed by atoms with Gasteiger partial charge in [-0.05, 0) is 53.3 Å². The third-order valence-electron chi connectivity index (χ3n) is 4.45. The van der Waals surface area contributed by atoms with E-state index in [9.17, 15) is 13.2 Å². The van der Waals surface area contributed by atoms with Gasteiger partial charge in [-0.15, -0.1) is 0 Å². The van der Waals surface area contributed by atoms with Crippen LogP contribution in [0.3, 0.4) is 0 Å². The van der Waals surface area contributed by atoms with Crippen LogP contribution < -0.4 is 10.0 Å². The van der Waals surface area contributed by atoms with Gasteiger partial charge in [-0.2, -0.15) is 0 Å². The molecule has 150 valence electrons. The molecule has 0 saturated carbocycles. The van der Waals surface area contributed by atoms with Crippen LogP contribution >= 0.6 is 0 Å². The Morgan fingerprint density at radius 1 is 1.11 bits per heavy atom. The molecule has 0 fully saturated rings. The monoisotopic (exact) mass is 400 g/mol. The van der Waals surface area contributed by atoms with Crippen molar-refractivity contribution in [2.24, 2.45) is 0 Å². The van der Waals surface area contributed by atoms with Crippen molar-refractivity contribution >= 4 is 27.7 Å². The highest BCUT2D eigenvalue weighted by molar-refractivity contribution is 7.92. The molecule has 0 heterocycles. The van der Waals surface area contributed by atoms with Gasteiger partial charge in [0, 0.05) is 5.56 Å². The Balaban J connectivity index is 2.16. The van der Waals surface area contributed by atoms with Gasteiger partial charge >= 0.3 is 0 Å². The SMILES string of the molecule is C=Cc1cc([C@@H](C)NC(=O)c2ccc(C(C)(C)C)cc2)ccc1NS(C)(=O)=O. The van der Waals surface area contributed by atoms with Gasteiger partial charge in [-0.25, -0.2) is 8.42 Å². The van der Waals surface area contributed by atoms with Crippen LogP contribution in [-0.2, 0) is 15.4 Å². The summed E-state index contributed by atoms with van der Waals surface area (Å²) in [5.74, 6) is -0.161. The molecule has 1 amide bonds. The van der Waals surface area contributed by atoms with Gasteiger partial charge in [0.25, 0.3) is 5.91 Å². The van der Waals surface area contributed by atoms with E-state index in [-0.39, 0.29) is 17.4 Å². The lowest BCUT2D eigenvalue weighted by Crippen LogP contribution is -2.27. The van der Waals surface area contributed by atoms with Crippen LogP contribution in [0.25, 0.3) is 6.08 Å². The minimum atomic E-state index is -3.38. The first kappa shape index (κ1) is 21.7. The van der Waals surface area contributed by atoms with E-state index in [2.05, 4.69) is 37.4 Å².